The number of carbonyl (C=O) groups excluding carboxylic acids is 2. The summed E-state index contributed by atoms with van der Waals surface area (Å²) in [5, 5.41) is 23.3. The van der Waals surface area contributed by atoms with Crippen molar-refractivity contribution < 1.29 is 19.5 Å². The lowest BCUT2D eigenvalue weighted by Crippen LogP contribution is -2.14. The van der Waals surface area contributed by atoms with Gasteiger partial charge >= 0.3 is 5.97 Å². The molecule has 1 amide bonds. The fourth-order valence-electron chi connectivity index (χ4n) is 2.03. The van der Waals surface area contributed by atoms with E-state index in [2.05, 4.69) is 10.6 Å². The van der Waals surface area contributed by atoms with Gasteiger partial charge in [0.1, 0.15) is 11.6 Å². The molecule has 0 atom stereocenters. The Morgan fingerprint density at radius 1 is 1.04 bits per heavy atom. The van der Waals surface area contributed by atoms with E-state index in [9.17, 15) is 14.4 Å². The molecule has 0 aliphatic carbocycles. The second-order valence-corrected chi connectivity index (χ2v) is 5.29. The minimum Gasteiger partial charge on any atom is -0.478 e. The summed E-state index contributed by atoms with van der Waals surface area (Å²) in [5.41, 5.74) is 1.33. The molecule has 130 valence electrons. The number of rotatable bonds is 6. The van der Waals surface area contributed by atoms with Crippen LogP contribution < -0.4 is 10.6 Å². The smallest absolute Gasteiger partial charge is 0.335 e. The maximum absolute atomic E-state index is 12.1. The Kier molecular flexibility index (Phi) is 5.85. The molecule has 0 saturated heterocycles. The van der Waals surface area contributed by atoms with Crippen LogP contribution in [0.1, 0.15) is 27.6 Å². The van der Waals surface area contributed by atoms with Crippen LogP contribution in [0.2, 0.25) is 0 Å². The van der Waals surface area contributed by atoms with Crippen LogP contribution in [0.25, 0.3) is 0 Å². The van der Waals surface area contributed by atoms with E-state index in [1.54, 1.807) is 30.3 Å². The third-order valence-corrected chi connectivity index (χ3v) is 3.41. The van der Waals surface area contributed by atoms with E-state index < -0.39 is 11.9 Å². The topological polar surface area (TPSA) is 119 Å². The van der Waals surface area contributed by atoms with E-state index in [-0.39, 0.29) is 16.9 Å². The normalized spacial score (nSPS) is 10.5. The van der Waals surface area contributed by atoms with Gasteiger partial charge in [0.25, 0.3) is 5.91 Å². The molecular weight excluding hydrogens is 334 g/mol. The van der Waals surface area contributed by atoms with E-state index in [1.165, 1.54) is 37.4 Å². The van der Waals surface area contributed by atoms with Crippen LogP contribution in [-0.2, 0) is 4.79 Å². The first-order valence-electron chi connectivity index (χ1n) is 7.53. The standard InChI is InChI=1S/C19H15N3O4/c1-12(23)14-3-2-4-17(9-14)21-11-15(10-20)18(24)22-16-7-5-13(6-8-16)19(25)26/h2-9,11,21H,1H3,(H,22,24)(H,25,26)/b15-11-. The van der Waals surface area contributed by atoms with E-state index in [0.29, 0.717) is 16.9 Å². The van der Waals surface area contributed by atoms with E-state index in [4.69, 9.17) is 10.4 Å². The molecule has 2 aromatic carbocycles. The third-order valence-electron chi connectivity index (χ3n) is 3.41. The molecule has 0 spiro atoms. The number of benzene rings is 2. The fourth-order valence-corrected chi connectivity index (χ4v) is 2.03. The Hall–Kier alpha value is -3.92. The molecule has 0 aromatic heterocycles. The molecule has 0 unspecified atom stereocenters. The molecule has 0 aliphatic heterocycles. The van der Waals surface area contributed by atoms with Gasteiger partial charge in [0.15, 0.2) is 5.78 Å². The first-order valence-corrected chi connectivity index (χ1v) is 7.53. The third kappa shape index (κ3) is 4.79. The highest BCUT2D eigenvalue weighted by Gasteiger charge is 2.10. The Balaban J connectivity index is 2.09. The number of nitriles is 1. The molecule has 26 heavy (non-hydrogen) atoms. The Morgan fingerprint density at radius 3 is 2.31 bits per heavy atom. The molecule has 0 bridgehead atoms. The van der Waals surface area contributed by atoms with Gasteiger partial charge in [0.05, 0.1) is 5.56 Å². The van der Waals surface area contributed by atoms with Gasteiger partial charge in [-0.25, -0.2) is 4.79 Å². The molecular formula is C19H15N3O4. The van der Waals surface area contributed by atoms with Crippen molar-refractivity contribution in [1.29, 1.82) is 5.26 Å². The summed E-state index contributed by atoms with van der Waals surface area (Å²) in [7, 11) is 0. The molecule has 7 heteroatoms. The average Bonchev–Trinajstić information content (AvgIpc) is 2.63. The highest BCUT2D eigenvalue weighted by Crippen LogP contribution is 2.13. The lowest BCUT2D eigenvalue weighted by Gasteiger charge is -2.06. The quantitative estimate of drug-likeness (QED) is 0.419. The lowest BCUT2D eigenvalue weighted by molar-refractivity contribution is -0.112. The number of hydrogen-bond acceptors (Lipinski definition) is 5. The highest BCUT2D eigenvalue weighted by atomic mass is 16.4. The van der Waals surface area contributed by atoms with Crippen molar-refractivity contribution in [2.24, 2.45) is 0 Å². The fraction of sp³-hybridized carbons (Fsp3) is 0.0526. The average molecular weight is 349 g/mol. The van der Waals surface area contributed by atoms with Crippen molar-refractivity contribution in [3.05, 3.63) is 71.4 Å². The Morgan fingerprint density at radius 2 is 1.73 bits per heavy atom. The number of amides is 1. The molecule has 7 nitrogen and oxygen atoms in total. The van der Waals surface area contributed by atoms with Crippen molar-refractivity contribution in [3.8, 4) is 6.07 Å². The van der Waals surface area contributed by atoms with E-state index in [1.807, 2.05) is 0 Å². The van der Waals surface area contributed by atoms with Crippen LogP contribution in [0.5, 0.6) is 0 Å². The molecule has 0 fully saturated rings. The zero-order chi connectivity index (χ0) is 19.1. The zero-order valence-corrected chi connectivity index (χ0v) is 13.8. The number of aromatic carboxylic acids is 1. The van der Waals surface area contributed by atoms with Crippen molar-refractivity contribution in [2.75, 3.05) is 10.6 Å². The summed E-state index contributed by atoms with van der Waals surface area (Å²) in [5.74, 6) is -1.82. The van der Waals surface area contributed by atoms with Crippen molar-refractivity contribution in [3.63, 3.8) is 0 Å². The van der Waals surface area contributed by atoms with Crippen molar-refractivity contribution in [1.82, 2.24) is 0 Å². The van der Waals surface area contributed by atoms with Gasteiger partial charge in [-0.2, -0.15) is 5.26 Å². The van der Waals surface area contributed by atoms with Crippen LogP contribution in [0.15, 0.2) is 60.3 Å². The Bertz CT molecular complexity index is 925. The van der Waals surface area contributed by atoms with Gasteiger partial charge < -0.3 is 15.7 Å². The van der Waals surface area contributed by atoms with Crippen LogP contribution in [0.4, 0.5) is 11.4 Å². The minimum absolute atomic E-state index is 0.0890. The van der Waals surface area contributed by atoms with Crippen molar-refractivity contribution in [2.45, 2.75) is 6.92 Å². The molecule has 0 saturated carbocycles. The van der Waals surface area contributed by atoms with Crippen LogP contribution >= 0.6 is 0 Å². The summed E-state index contributed by atoms with van der Waals surface area (Å²) in [4.78, 5) is 34.3. The predicted molar refractivity (Wildman–Crippen MR) is 95.8 cm³/mol. The van der Waals surface area contributed by atoms with Gasteiger partial charge in [-0.3, -0.25) is 9.59 Å². The van der Waals surface area contributed by atoms with Gasteiger partial charge in [-0.05, 0) is 43.3 Å². The SMILES string of the molecule is CC(=O)c1cccc(N/C=C(/C#N)C(=O)Nc2ccc(C(=O)O)cc2)c1. The molecule has 3 N–H and O–H groups in total. The molecule has 2 rings (SSSR count). The predicted octanol–water partition coefficient (Wildman–Crippen LogP) is 3.05. The van der Waals surface area contributed by atoms with Gasteiger partial charge in [0, 0.05) is 23.1 Å². The number of carboxylic acids is 1. The molecule has 0 aliphatic rings. The number of nitrogens with zero attached hydrogens (tertiary/aromatic N) is 1. The molecule has 2 aromatic rings. The number of nitrogens with one attached hydrogen (secondary N) is 2. The second-order valence-electron chi connectivity index (χ2n) is 5.29. The minimum atomic E-state index is -1.07. The zero-order valence-electron chi connectivity index (χ0n) is 13.8. The van der Waals surface area contributed by atoms with Crippen LogP contribution in [-0.4, -0.2) is 22.8 Å². The number of hydrogen-bond donors (Lipinski definition) is 3. The number of carbonyl (C=O) groups is 3. The van der Waals surface area contributed by atoms with Gasteiger partial charge in [-0.1, -0.05) is 12.1 Å². The van der Waals surface area contributed by atoms with Gasteiger partial charge in [0.2, 0.25) is 0 Å². The van der Waals surface area contributed by atoms with E-state index >= 15 is 0 Å². The number of Topliss-reactive ketones (excluding diaryl/α,β-unsaturated/α-hetero) is 1. The summed E-state index contributed by atoms with van der Waals surface area (Å²) in [6.07, 6.45) is 1.24. The summed E-state index contributed by atoms with van der Waals surface area (Å²) in [6.45, 7) is 1.44. The number of carboxylic acid groups (broad SMARTS) is 1. The highest BCUT2D eigenvalue weighted by molar-refractivity contribution is 6.07. The maximum Gasteiger partial charge on any atom is 0.335 e. The summed E-state index contributed by atoms with van der Waals surface area (Å²) >= 11 is 0. The van der Waals surface area contributed by atoms with Gasteiger partial charge in [-0.15, -0.1) is 0 Å². The monoisotopic (exact) mass is 349 g/mol. The van der Waals surface area contributed by atoms with Crippen LogP contribution in [0, 0.1) is 11.3 Å². The maximum atomic E-state index is 12.1. The lowest BCUT2D eigenvalue weighted by atomic mass is 10.1. The van der Waals surface area contributed by atoms with E-state index in [0.717, 1.165) is 0 Å². The molecule has 0 heterocycles. The largest absolute Gasteiger partial charge is 0.478 e. The molecule has 0 radical (unpaired) electrons. The second kappa shape index (κ2) is 8.26. The first kappa shape index (κ1) is 18.4. The van der Waals surface area contributed by atoms with Crippen LogP contribution in [0.3, 0.4) is 0 Å². The number of ketones is 1. The first-order chi connectivity index (χ1) is 12.4. The van der Waals surface area contributed by atoms with Crippen molar-refractivity contribution >= 4 is 29.0 Å². The summed E-state index contributed by atoms with van der Waals surface area (Å²) < 4.78 is 0. The summed E-state index contributed by atoms with van der Waals surface area (Å²) in [6, 6.07) is 14.0. The number of anilines is 2. The Labute approximate surface area is 149 Å².